The molecular formula is C11H16FNO. The Balaban J connectivity index is 2.98. The van der Waals surface area contributed by atoms with E-state index in [4.69, 9.17) is 4.74 Å². The second kappa shape index (κ2) is 4.96. The topological polar surface area (TPSA) is 21.3 Å². The van der Waals surface area contributed by atoms with Crippen molar-refractivity contribution >= 4 is 0 Å². The van der Waals surface area contributed by atoms with Gasteiger partial charge in [0.05, 0.1) is 7.11 Å². The number of methoxy groups -OCH3 is 1. The van der Waals surface area contributed by atoms with Gasteiger partial charge < -0.3 is 10.1 Å². The molecule has 3 heteroatoms. The molecule has 0 fully saturated rings. The lowest BCUT2D eigenvalue weighted by atomic mass is 10.0. The summed E-state index contributed by atoms with van der Waals surface area (Å²) < 4.78 is 18.0. The summed E-state index contributed by atoms with van der Waals surface area (Å²) in [5, 5.41) is 3.16. The molecule has 0 aromatic heterocycles. The first kappa shape index (κ1) is 11.0. The van der Waals surface area contributed by atoms with Crippen LogP contribution < -0.4 is 10.1 Å². The van der Waals surface area contributed by atoms with E-state index < -0.39 is 0 Å². The van der Waals surface area contributed by atoms with E-state index in [1.165, 1.54) is 13.2 Å². The molecule has 0 aliphatic rings. The molecule has 0 saturated carbocycles. The Morgan fingerprint density at radius 1 is 1.50 bits per heavy atom. The summed E-state index contributed by atoms with van der Waals surface area (Å²) in [5.41, 5.74) is 1.05. The lowest BCUT2D eigenvalue weighted by Gasteiger charge is -2.15. The second-order valence-electron chi connectivity index (χ2n) is 3.14. The van der Waals surface area contributed by atoms with Gasteiger partial charge >= 0.3 is 0 Å². The summed E-state index contributed by atoms with van der Waals surface area (Å²) in [7, 11) is 3.37. The van der Waals surface area contributed by atoms with Crippen LogP contribution in [0.5, 0.6) is 5.75 Å². The minimum atomic E-state index is -0.317. The monoisotopic (exact) mass is 197 g/mol. The third-order valence-corrected chi connectivity index (χ3v) is 2.33. The van der Waals surface area contributed by atoms with Crippen molar-refractivity contribution in [3.8, 4) is 5.75 Å². The zero-order valence-corrected chi connectivity index (χ0v) is 8.80. The minimum Gasteiger partial charge on any atom is -0.494 e. The van der Waals surface area contributed by atoms with Crippen LogP contribution in [0.2, 0.25) is 0 Å². The zero-order chi connectivity index (χ0) is 10.6. The number of hydrogen-bond donors (Lipinski definition) is 1. The van der Waals surface area contributed by atoms with Crippen LogP contribution in [0.3, 0.4) is 0 Å². The van der Waals surface area contributed by atoms with Gasteiger partial charge in [-0.15, -0.1) is 0 Å². The Kier molecular flexibility index (Phi) is 3.89. The molecule has 1 aromatic rings. The molecule has 1 N–H and O–H groups in total. The molecule has 0 saturated heterocycles. The molecule has 1 unspecified atom stereocenters. The molecule has 2 nitrogen and oxygen atoms in total. The molecule has 14 heavy (non-hydrogen) atoms. The fraction of sp³-hybridized carbons (Fsp3) is 0.455. The number of rotatable bonds is 4. The van der Waals surface area contributed by atoms with Crippen LogP contribution in [0.4, 0.5) is 4.39 Å². The number of nitrogens with one attached hydrogen (secondary N) is 1. The van der Waals surface area contributed by atoms with Crippen LogP contribution in [0.1, 0.15) is 24.9 Å². The molecule has 1 rings (SSSR count). The van der Waals surface area contributed by atoms with Gasteiger partial charge in [0.15, 0.2) is 11.6 Å². The molecule has 0 heterocycles. The Bertz CT molecular complexity index is 297. The summed E-state index contributed by atoms with van der Waals surface area (Å²) in [4.78, 5) is 0. The van der Waals surface area contributed by atoms with Crippen molar-refractivity contribution in [3.63, 3.8) is 0 Å². The molecule has 78 valence electrons. The minimum absolute atomic E-state index is 0.254. The van der Waals surface area contributed by atoms with Crippen molar-refractivity contribution < 1.29 is 9.13 Å². The summed E-state index contributed by atoms with van der Waals surface area (Å²) in [6.45, 7) is 2.08. The Morgan fingerprint density at radius 3 is 2.71 bits per heavy atom. The molecule has 0 amide bonds. The van der Waals surface area contributed by atoms with Gasteiger partial charge in [-0.2, -0.15) is 0 Å². The van der Waals surface area contributed by atoms with Crippen LogP contribution in [0, 0.1) is 5.82 Å². The van der Waals surface area contributed by atoms with Crippen LogP contribution in [0.15, 0.2) is 18.2 Å². The van der Waals surface area contributed by atoms with E-state index in [2.05, 4.69) is 12.2 Å². The summed E-state index contributed by atoms with van der Waals surface area (Å²) in [6.07, 6.45) is 0.964. The van der Waals surface area contributed by atoms with Crippen LogP contribution in [0.25, 0.3) is 0 Å². The van der Waals surface area contributed by atoms with E-state index in [1.807, 2.05) is 7.05 Å². The summed E-state index contributed by atoms with van der Waals surface area (Å²) in [6, 6.07) is 5.21. The molecule has 1 aromatic carbocycles. The Hall–Kier alpha value is -1.09. The zero-order valence-electron chi connectivity index (χ0n) is 8.80. The van der Waals surface area contributed by atoms with Gasteiger partial charge in [-0.1, -0.05) is 13.0 Å². The van der Waals surface area contributed by atoms with Gasteiger partial charge in [-0.3, -0.25) is 0 Å². The smallest absolute Gasteiger partial charge is 0.165 e. The van der Waals surface area contributed by atoms with Crippen molar-refractivity contribution in [3.05, 3.63) is 29.6 Å². The van der Waals surface area contributed by atoms with Crippen molar-refractivity contribution in [2.45, 2.75) is 19.4 Å². The summed E-state index contributed by atoms with van der Waals surface area (Å²) in [5.74, 6) is -0.0154. The van der Waals surface area contributed by atoms with Crippen LogP contribution >= 0.6 is 0 Å². The van der Waals surface area contributed by atoms with E-state index in [-0.39, 0.29) is 11.9 Å². The van der Waals surface area contributed by atoms with Crippen molar-refractivity contribution in [1.82, 2.24) is 5.32 Å². The van der Waals surface area contributed by atoms with Gasteiger partial charge in [0.1, 0.15) is 0 Å². The van der Waals surface area contributed by atoms with Crippen LogP contribution in [-0.2, 0) is 0 Å². The molecule has 1 atom stereocenters. The van der Waals surface area contributed by atoms with Crippen molar-refractivity contribution in [2.24, 2.45) is 0 Å². The number of ether oxygens (including phenoxy) is 1. The highest BCUT2D eigenvalue weighted by atomic mass is 19.1. The maximum atomic E-state index is 13.1. The van der Waals surface area contributed by atoms with E-state index in [9.17, 15) is 4.39 Å². The molecule has 0 aliphatic carbocycles. The first-order chi connectivity index (χ1) is 6.72. The molecule has 0 radical (unpaired) electrons. The number of benzene rings is 1. The quantitative estimate of drug-likeness (QED) is 0.800. The van der Waals surface area contributed by atoms with Gasteiger partial charge in [0.2, 0.25) is 0 Å². The lowest BCUT2D eigenvalue weighted by Crippen LogP contribution is -2.15. The first-order valence-corrected chi connectivity index (χ1v) is 4.73. The third-order valence-electron chi connectivity index (χ3n) is 2.33. The molecule has 0 spiro atoms. The predicted octanol–water partition coefficient (Wildman–Crippen LogP) is 2.50. The molecule has 0 aliphatic heterocycles. The van der Waals surface area contributed by atoms with E-state index >= 15 is 0 Å². The van der Waals surface area contributed by atoms with Gasteiger partial charge in [0, 0.05) is 6.04 Å². The largest absolute Gasteiger partial charge is 0.494 e. The highest BCUT2D eigenvalue weighted by Gasteiger charge is 2.09. The second-order valence-corrected chi connectivity index (χ2v) is 3.14. The highest BCUT2D eigenvalue weighted by Crippen LogP contribution is 2.23. The standard InChI is InChI=1S/C11H16FNO/c1-4-10(13-2)8-5-6-9(12)11(7-8)14-3/h5-7,10,13H,4H2,1-3H3. The number of hydrogen-bond acceptors (Lipinski definition) is 2. The van der Waals surface area contributed by atoms with Crippen molar-refractivity contribution in [2.75, 3.05) is 14.2 Å². The normalized spacial score (nSPS) is 12.6. The SMILES string of the molecule is CCC(NC)c1ccc(F)c(OC)c1. The average Bonchev–Trinajstić information content (AvgIpc) is 2.22. The van der Waals surface area contributed by atoms with E-state index in [0.29, 0.717) is 5.75 Å². The number of halogens is 1. The highest BCUT2D eigenvalue weighted by molar-refractivity contribution is 5.32. The fourth-order valence-electron chi connectivity index (χ4n) is 1.50. The summed E-state index contributed by atoms with van der Waals surface area (Å²) >= 11 is 0. The average molecular weight is 197 g/mol. The van der Waals surface area contributed by atoms with Crippen LogP contribution in [-0.4, -0.2) is 14.2 Å². The van der Waals surface area contributed by atoms with Crippen molar-refractivity contribution in [1.29, 1.82) is 0 Å². The van der Waals surface area contributed by atoms with E-state index in [0.717, 1.165) is 12.0 Å². The maximum Gasteiger partial charge on any atom is 0.165 e. The van der Waals surface area contributed by atoms with Gasteiger partial charge in [-0.25, -0.2) is 4.39 Å². The lowest BCUT2D eigenvalue weighted by molar-refractivity contribution is 0.385. The third kappa shape index (κ3) is 2.23. The predicted molar refractivity (Wildman–Crippen MR) is 55.0 cm³/mol. The Morgan fingerprint density at radius 2 is 2.21 bits per heavy atom. The fourth-order valence-corrected chi connectivity index (χ4v) is 1.50. The molecular weight excluding hydrogens is 181 g/mol. The van der Waals surface area contributed by atoms with E-state index in [1.54, 1.807) is 12.1 Å². The Labute approximate surface area is 84.1 Å². The molecule has 0 bridgehead atoms. The maximum absolute atomic E-state index is 13.1. The first-order valence-electron chi connectivity index (χ1n) is 4.73. The van der Waals surface area contributed by atoms with Gasteiger partial charge in [0.25, 0.3) is 0 Å². The van der Waals surface area contributed by atoms with Gasteiger partial charge in [-0.05, 0) is 31.2 Å².